The number of anilines is 2. The topological polar surface area (TPSA) is 110 Å². The van der Waals surface area contributed by atoms with Gasteiger partial charge in [-0.15, -0.1) is 0 Å². The van der Waals surface area contributed by atoms with Crippen molar-refractivity contribution in [3.63, 3.8) is 0 Å². The SMILES string of the molecule is [C-]#[N+]c1ccc(OC2C(C)(C)C(N3Cc4ccc(N5CCN(C6CC7(C6)CN(c6ccc8c(c6)C(=O)N(C6CCC(=O)NC6=O)C8=O)C7)CC5)cc4C3)C2(C)C)cc1Cl. The maximum atomic E-state index is 13.4. The molecule has 2 aliphatic carbocycles. The zero-order chi connectivity index (χ0) is 41.2. The van der Waals surface area contributed by atoms with Gasteiger partial charge < -0.3 is 14.5 Å². The fourth-order valence-corrected chi connectivity index (χ4v) is 12.5. The lowest BCUT2D eigenvalue weighted by Gasteiger charge is -2.65. The molecule has 5 fully saturated rings. The molecule has 5 aliphatic heterocycles. The van der Waals surface area contributed by atoms with Gasteiger partial charge >= 0.3 is 0 Å². The number of hydrogen-bond donors (Lipinski definition) is 1. The summed E-state index contributed by atoms with van der Waals surface area (Å²) in [7, 11) is 0. The lowest BCUT2D eigenvalue weighted by atomic mass is 9.49. The van der Waals surface area contributed by atoms with Crippen LogP contribution in [0.4, 0.5) is 17.1 Å². The molecule has 1 spiro atoms. The number of fused-ring (bicyclic) bond motifs is 2. The Morgan fingerprint density at radius 2 is 1.46 bits per heavy atom. The summed E-state index contributed by atoms with van der Waals surface area (Å²) in [6.45, 7) is 24.4. The van der Waals surface area contributed by atoms with Gasteiger partial charge in [-0.05, 0) is 72.9 Å². The number of rotatable bonds is 7. The van der Waals surface area contributed by atoms with Crippen molar-refractivity contribution >= 4 is 52.3 Å². The first kappa shape index (κ1) is 38.3. The third-order valence-corrected chi connectivity index (χ3v) is 15.0. The van der Waals surface area contributed by atoms with Gasteiger partial charge in [-0.25, -0.2) is 4.85 Å². The minimum Gasteiger partial charge on any atom is -0.489 e. The molecular formula is C46H50ClN7O5. The van der Waals surface area contributed by atoms with Gasteiger partial charge in [-0.3, -0.25) is 39.2 Å². The molecule has 0 aromatic heterocycles. The number of imide groups is 2. The van der Waals surface area contributed by atoms with E-state index in [1.165, 1.54) is 29.7 Å². The second-order valence-corrected chi connectivity index (χ2v) is 19.7. The number of carbonyl (C=O) groups excluding carboxylic acids is 4. The van der Waals surface area contributed by atoms with Crippen LogP contribution in [0.1, 0.15) is 85.2 Å². The first-order valence-electron chi connectivity index (χ1n) is 20.9. The molecule has 10 rings (SSSR count). The highest BCUT2D eigenvalue weighted by molar-refractivity contribution is 6.33. The number of amides is 4. The second-order valence-electron chi connectivity index (χ2n) is 19.2. The predicted molar refractivity (Wildman–Crippen MR) is 224 cm³/mol. The summed E-state index contributed by atoms with van der Waals surface area (Å²) in [6, 6.07) is 17.8. The smallest absolute Gasteiger partial charge is 0.262 e. The van der Waals surface area contributed by atoms with Crippen LogP contribution in [0.2, 0.25) is 5.02 Å². The third kappa shape index (κ3) is 6.06. The maximum absolute atomic E-state index is 13.4. The van der Waals surface area contributed by atoms with Crippen LogP contribution in [0.3, 0.4) is 0 Å². The van der Waals surface area contributed by atoms with Gasteiger partial charge in [0.05, 0.1) is 22.7 Å². The van der Waals surface area contributed by atoms with Crippen molar-refractivity contribution in [3.05, 3.63) is 93.3 Å². The van der Waals surface area contributed by atoms with E-state index in [1.807, 2.05) is 12.1 Å². The van der Waals surface area contributed by atoms with Crippen LogP contribution in [-0.4, -0.2) is 102 Å². The van der Waals surface area contributed by atoms with Crippen LogP contribution < -0.4 is 19.9 Å². The molecule has 59 heavy (non-hydrogen) atoms. The third-order valence-electron chi connectivity index (χ3n) is 14.7. The van der Waals surface area contributed by atoms with Gasteiger partial charge in [0.1, 0.15) is 17.9 Å². The van der Waals surface area contributed by atoms with Crippen molar-refractivity contribution in [2.24, 2.45) is 16.2 Å². The van der Waals surface area contributed by atoms with E-state index in [9.17, 15) is 19.2 Å². The molecule has 3 aromatic carbocycles. The molecule has 13 heteroatoms. The van der Waals surface area contributed by atoms with Crippen LogP contribution >= 0.6 is 11.6 Å². The lowest BCUT2D eigenvalue weighted by Crippen LogP contribution is -2.74. The molecule has 1 N–H and O–H groups in total. The maximum Gasteiger partial charge on any atom is 0.262 e. The standard InChI is InChI=1S/C46H50ClN7O5/c1-44(2)42(45(3,4)43(44)59-32-9-11-36(48-5)35(47)20-32)52-23-27-6-7-29(18-28(27)24-52)50-14-16-51(17-15-50)31-21-46(22-31)25-53(26-46)30-8-10-33-34(19-30)41(58)54(40(33)57)37-12-13-38(55)49-39(37)56/h6-11,18-20,31,37,42-43H,12-17,21-26H2,1-4H3,(H,49,55,56). The highest BCUT2D eigenvalue weighted by Gasteiger charge is 2.65. The number of piperazine rings is 1. The Labute approximate surface area is 350 Å². The highest BCUT2D eigenvalue weighted by atomic mass is 35.5. The van der Waals surface area contributed by atoms with E-state index in [2.05, 4.69) is 75.7 Å². The number of halogens is 1. The molecule has 1 unspecified atom stereocenters. The molecular weight excluding hydrogens is 766 g/mol. The Hall–Kier alpha value is -4.96. The summed E-state index contributed by atoms with van der Waals surface area (Å²) in [5, 5.41) is 2.68. The molecule has 5 heterocycles. The van der Waals surface area contributed by atoms with Gasteiger partial charge in [-0.2, -0.15) is 0 Å². The van der Waals surface area contributed by atoms with Crippen molar-refractivity contribution in [1.29, 1.82) is 0 Å². The largest absolute Gasteiger partial charge is 0.489 e. The van der Waals surface area contributed by atoms with Crippen molar-refractivity contribution in [1.82, 2.24) is 20.0 Å². The van der Waals surface area contributed by atoms with Crippen molar-refractivity contribution in [2.75, 3.05) is 49.1 Å². The van der Waals surface area contributed by atoms with E-state index in [0.717, 1.165) is 62.9 Å². The van der Waals surface area contributed by atoms with E-state index in [1.54, 1.807) is 24.3 Å². The van der Waals surface area contributed by atoms with E-state index in [-0.39, 0.29) is 35.7 Å². The van der Waals surface area contributed by atoms with E-state index >= 15 is 0 Å². The summed E-state index contributed by atoms with van der Waals surface area (Å²) in [4.78, 5) is 65.3. The van der Waals surface area contributed by atoms with E-state index < -0.39 is 23.8 Å². The quantitative estimate of drug-likeness (QED) is 0.218. The lowest BCUT2D eigenvalue weighted by molar-refractivity contribution is -0.211. The highest BCUT2D eigenvalue weighted by Crippen LogP contribution is 2.59. The molecule has 0 bridgehead atoms. The number of benzene rings is 3. The van der Waals surface area contributed by atoms with Gasteiger partial charge in [0.15, 0.2) is 0 Å². The van der Waals surface area contributed by atoms with Gasteiger partial charge in [-0.1, -0.05) is 51.4 Å². The molecule has 1 atom stereocenters. The Morgan fingerprint density at radius 1 is 0.780 bits per heavy atom. The first-order valence-corrected chi connectivity index (χ1v) is 21.3. The minimum atomic E-state index is -0.956. The molecule has 4 amide bonds. The number of hydrogen-bond acceptors (Lipinski definition) is 9. The van der Waals surface area contributed by atoms with Crippen LogP contribution in [0, 0.1) is 22.8 Å². The summed E-state index contributed by atoms with van der Waals surface area (Å²) in [5.74, 6) is -1.19. The van der Waals surface area contributed by atoms with Crippen molar-refractivity contribution in [3.8, 4) is 5.75 Å². The van der Waals surface area contributed by atoms with Gasteiger partial charge in [0.2, 0.25) is 17.5 Å². The fraction of sp³-hybridized carbons (Fsp3) is 0.500. The predicted octanol–water partition coefficient (Wildman–Crippen LogP) is 6.28. The molecule has 3 aromatic rings. The molecule has 306 valence electrons. The van der Waals surface area contributed by atoms with Gasteiger partial charge in [0, 0.05) is 98.5 Å². The Morgan fingerprint density at radius 3 is 2.15 bits per heavy atom. The monoisotopic (exact) mass is 815 g/mol. The number of ether oxygens (including phenoxy) is 1. The number of nitrogens with zero attached hydrogens (tertiary/aromatic N) is 6. The number of piperidine rings is 1. The Balaban J connectivity index is 0.708. The molecule has 12 nitrogen and oxygen atoms in total. The second kappa shape index (κ2) is 13.5. The zero-order valence-corrected chi connectivity index (χ0v) is 34.8. The average molecular weight is 816 g/mol. The van der Waals surface area contributed by atoms with Gasteiger partial charge in [0.25, 0.3) is 11.8 Å². The Bertz CT molecular complexity index is 2330. The summed E-state index contributed by atoms with van der Waals surface area (Å²) in [6.07, 6.45) is 2.61. The zero-order valence-electron chi connectivity index (χ0n) is 34.1. The summed E-state index contributed by atoms with van der Waals surface area (Å²) in [5.41, 5.74) is 6.29. The molecule has 3 saturated heterocycles. The molecule has 0 radical (unpaired) electrons. The average Bonchev–Trinajstić information content (AvgIpc) is 3.68. The van der Waals surface area contributed by atoms with Crippen molar-refractivity contribution < 1.29 is 23.9 Å². The first-order chi connectivity index (χ1) is 28.2. The van der Waals surface area contributed by atoms with Crippen molar-refractivity contribution in [2.45, 2.75) is 90.7 Å². The normalized spacial score (nSPS) is 27.1. The van der Waals surface area contributed by atoms with Crippen LogP contribution in [-0.2, 0) is 22.7 Å². The van der Waals surface area contributed by atoms with Crippen LogP contribution in [0.5, 0.6) is 5.75 Å². The number of nitrogens with one attached hydrogen (secondary N) is 1. The summed E-state index contributed by atoms with van der Waals surface area (Å²) >= 11 is 6.34. The molecule has 7 aliphatic rings. The summed E-state index contributed by atoms with van der Waals surface area (Å²) < 4.78 is 6.59. The fourth-order valence-electron chi connectivity index (χ4n) is 12.3. The van der Waals surface area contributed by atoms with Crippen LogP contribution in [0.15, 0.2) is 54.6 Å². The minimum absolute atomic E-state index is 0.00515. The molecule has 2 saturated carbocycles. The number of carbonyl (C=O) groups is 4. The van der Waals surface area contributed by atoms with E-state index in [0.29, 0.717) is 45.1 Å². The van der Waals surface area contributed by atoms with Crippen LogP contribution in [0.25, 0.3) is 4.85 Å². The van der Waals surface area contributed by atoms with E-state index in [4.69, 9.17) is 22.9 Å². The Kier molecular flexibility index (Phi) is 8.77.